The molecule has 1 aliphatic carbocycles. The average Bonchev–Trinajstić information content (AvgIpc) is 2.77. The Morgan fingerprint density at radius 1 is 1.16 bits per heavy atom. The van der Waals surface area contributed by atoms with Crippen molar-refractivity contribution in [2.45, 2.75) is 65.2 Å². The molecule has 0 bridgehead atoms. The van der Waals surface area contributed by atoms with Crippen LogP contribution in [0.5, 0.6) is 0 Å². The molecule has 0 radical (unpaired) electrons. The Bertz CT molecular complexity index is 970. The first-order chi connectivity index (χ1) is 15.3. The Kier molecular flexibility index (Phi) is 9.83. The molecule has 0 aromatic carbocycles. The molecule has 1 aliphatic rings. The summed E-state index contributed by atoms with van der Waals surface area (Å²) >= 11 is 0. The quantitative estimate of drug-likeness (QED) is 0.323. The van der Waals surface area contributed by atoms with Crippen molar-refractivity contribution in [3.05, 3.63) is 65.5 Å². The second kappa shape index (κ2) is 12.3. The van der Waals surface area contributed by atoms with E-state index < -0.39 is 0 Å². The van der Waals surface area contributed by atoms with Crippen molar-refractivity contribution in [2.75, 3.05) is 30.8 Å². The first kappa shape index (κ1) is 25.5. The summed E-state index contributed by atoms with van der Waals surface area (Å²) in [5, 5.41) is 2.09. The Hall–Kier alpha value is -2.75. The fourth-order valence-corrected chi connectivity index (χ4v) is 4.04. The summed E-state index contributed by atoms with van der Waals surface area (Å²) < 4.78 is 0. The highest BCUT2D eigenvalue weighted by Crippen LogP contribution is 2.25. The largest absolute Gasteiger partial charge is 0.383 e. The van der Waals surface area contributed by atoms with Crippen molar-refractivity contribution in [2.24, 2.45) is 0 Å². The number of rotatable bonds is 14. The highest BCUT2D eigenvalue weighted by Gasteiger charge is 2.18. The van der Waals surface area contributed by atoms with Crippen LogP contribution >= 0.6 is 0 Å². The van der Waals surface area contributed by atoms with Gasteiger partial charge in [-0.25, -0.2) is 4.98 Å². The Labute approximate surface area is 195 Å². The molecule has 0 saturated heterocycles. The molecule has 0 aliphatic heterocycles. The maximum absolute atomic E-state index is 6.34. The number of pyridine rings is 1. The molecule has 1 aromatic heterocycles. The van der Waals surface area contributed by atoms with Gasteiger partial charge in [0.1, 0.15) is 5.82 Å². The molecule has 0 fully saturated rings. The number of aromatic nitrogens is 1. The molecular weight excluding hydrogens is 392 g/mol. The minimum Gasteiger partial charge on any atom is -0.383 e. The number of nitrogens with zero attached hydrogens (tertiary/aromatic N) is 3. The van der Waals surface area contributed by atoms with Crippen molar-refractivity contribution in [1.29, 1.82) is 0 Å². The van der Waals surface area contributed by atoms with Gasteiger partial charge in [0.05, 0.1) is 11.0 Å². The van der Waals surface area contributed by atoms with Crippen LogP contribution in [0.1, 0.15) is 63.9 Å². The fraction of sp³-hybridized carbons (Fsp3) is 0.464. The van der Waals surface area contributed by atoms with Crippen molar-refractivity contribution in [3.63, 3.8) is 0 Å². The first-order valence-corrected chi connectivity index (χ1v) is 11.9. The van der Waals surface area contributed by atoms with Crippen LogP contribution in [-0.4, -0.2) is 30.0 Å². The minimum atomic E-state index is 0.588. The van der Waals surface area contributed by atoms with E-state index in [0.29, 0.717) is 5.82 Å². The van der Waals surface area contributed by atoms with E-state index in [1.54, 1.807) is 0 Å². The smallest absolute Gasteiger partial charge is 0.129 e. The van der Waals surface area contributed by atoms with Gasteiger partial charge >= 0.3 is 0 Å². The van der Waals surface area contributed by atoms with E-state index in [1.807, 2.05) is 6.08 Å². The van der Waals surface area contributed by atoms with Crippen LogP contribution in [-0.2, 0) is 0 Å². The Morgan fingerprint density at radius 2 is 1.88 bits per heavy atom. The van der Waals surface area contributed by atoms with E-state index in [1.165, 1.54) is 11.4 Å². The standard InChI is InChI=1S/C28H42N4/c1-8-10-14-22(4)31(7)18-12-13-19-32(23(5)15-11-9-2)27-24(6)28(29)30-26-20-21(3)16-17-25(26)27/h8,17,20H,1,3-5,9-16,18-19H2,2,6-7H3,(H2,29,30). The predicted octanol–water partition coefficient (Wildman–Crippen LogP) is 5.20. The molecule has 2 N–H and O–H groups in total. The average molecular weight is 435 g/mol. The summed E-state index contributed by atoms with van der Waals surface area (Å²) in [6, 6.07) is 0. The van der Waals surface area contributed by atoms with Crippen molar-refractivity contribution < 1.29 is 0 Å². The number of anilines is 2. The maximum atomic E-state index is 6.34. The molecule has 0 unspecified atom stereocenters. The van der Waals surface area contributed by atoms with Crippen molar-refractivity contribution >= 4 is 23.7 Å². The Morgan fingerprint density at radius 3 is 2.56 bits per heavy atom. The highest BCUT2D eigenvalue weighted by atomic mass is 15.1. The van der Waals surface area contributed by atoms with Gasteiger partial charge in [0.25, 0.3) is 0 Å². The van der Waals surface area contributed by atoms with Crippen molar-refractivity contribution in [3.8, 4) is 0 Å². The third-order valence-electron chi connectivity index (χ3n) is 6.19. The molecule has 1 heterocycles. The lowest BCUT2D eigenvalue weighted by Gasteiger charge is -2.30. The summed E-state index contributed by atoms with van der Waals surface area (Å²) in [6.07, 6.45) is 14.5. The maximum Gasteiger partial charge on any atom is 0.129 e. The number of unbranched alkanes of at least 4 members (excludes halogenated alkanes) is 2. The van der Waals surface area contributed by atoms with Gasteiger partial charge in [-0.05, 0) is 63.5 Å². The minimum absolute atomic E-state index is 0.588. The lowest BCUT2D eigenvalue weighted by atomic mass is 10.0. The van der Waals surface area contributed by atoms with E-state index >= 15 is 0 Å². The number of allylic oxidation sites excluding steroid dienone is 4. The van der Waals surface area contributed by atoms with E-state index in [9.17, 15) is 0 Å². The summed E-state index contributed by atoms with van der Waals surface area (Å²) in [5.41, 5.74) is 11.9. The predicted molar refractivity (Wildman–Crippen MR) is 142 cm³/mol. The van der Waals surface area contributed by atoms with Gasteiger partial charge in [-0.1, -0.05) is 45.2 Å². The molecule has 4 nitrogen and oxygen atoms in total. The molecule has 174 valence electrons. The van der Waals surface area contributed by atoms with Crippen LogP contribution in [0.2, 0.25) is 0 Å². The van der Waals surface area contributed by atoms with Gasteiger partial charge in [0.15, 0.2) is 0 Å². The molecule has 4 heteroatoms. The zero-order valence-electron chi connectivity index (χ0n) is 20.6. The zero-order chi connectivity index (χ0) is 23.7. The summed E-state index contributed by atoms with van der Waals surface area (Å²) in [4.78, 5) is 9.31. The van der Waals surface area contributed by atoms with E-state index in [2.05, 4.69) is 74.1 Å². The first-order valence-electron chi connectivity index (χ1n) is 11.9. The second-order valence-electron chi connectivity index (χ2n) is 8.82. The third kappa shape index (κ3) is 6.62. The molecular formula is C28H42N4. The normalized spacial score (nSPS) is 12.4. The van der Waals surface area contributed by atoms with Gasteiger partial charge in [0.2, 0.25) is 0 Å². The molecule has 0 atom stereocenters. The van der Waals surface area contributed by atoms with E-state index in [-0.39, 0.29) is 0 Å². The highest BCUT2D eigenvalue weighted by molar-refractivity contribution is 5.69. The van der Waals surface area contributed by atoms with Crippen LogP contribution in [0, 0.1) is 6.92 Å². The van der Waals surface area contributed by atoms with Gasteiger partial charge < -0.3 is 15.5 Å². The fourth-order valence-electron chi connectivity index (χ4n) is 4.04. The molecule has 2 rings (SSSR count). The van der Waals surface area contributed by atoms with Gasteiger partial charge in [0, 0.05) is 42.3 Å². The lowest BCUT2D eigenvalue weighted by Crippen LogP contribution is -2.39. The molecule has 1 aromatic rings. The van der Waals surface area contributed by atoms with Crippen LogP contribution in [0.3, 0.4) is 0 Å². The number of hydrogen-bond acceptors (Lipinski definition) is 4. The van der Waals surface area contributed by atoms with E-state index in [0.717, 1.165) is 91.9 Å². The van der Waals surface area contributed by atoms with Crippen LogP contribution < -0.4 is 21.2 Å². The second-order valence-corrected chi connectivity index (χ2v) is 8.82. The van der Waals surface area contributed by atoms with Crippen molar-refractivity contribution in [1.82, 2.24) is 9.88 Å². The monoisotopic (exact) mass is 434 g/mol. The summed E-state index contributed by atoms with van der Waals surface area (Å²) in [6.45, 7) is 22.8. The summed E-state index contributed by atoms with van der Waals surface area (Å²) in [7, 11) is 2.13. The molecule has 32 heavy (non-hydrogen) atoms. The number of fused-ring (bicyclic) bond motifs is 1. The number of nitrogen functional groups attached to an aromatic ring is 1. The van der Waals surface area contributed by atoms with Gasteiger partial charge in [-0.15, -0.1) is 6.58 Å². The number of nitrogens with two attached hydrogens (primary N) is 1. The Balaban J connectivity index is 2.24. The molecule has 0 saturated carbocycles. The van der Waals surface area contributed by atoms with Gasteiger partial charge in [-0.2, -0.15) is 0 Å². The lowest BCUT2D eigenvalue weighted by molar-refractivity contribution is 0.391. The van der Waals surface area contributed by atoms with Gasteiger partial charge in [-0.3, -0.25) is 0 Å². The zero-order valence-corrected chi connectivity index (χ0v) is 20.6. The number of hydrogen-bond donors (Lipinski definition) is 1. The molecule has 0 spiro atoms. The molecule has 0 amide bonds. The summed E-state index contributed by atoms with van der Waals surface area (Å²) in [5.74, 6) is 0.588. The van der Waals surface area contributed by atoms with Crippen LogP contribution in [0.15, 0.2) is 49.4 Å². The van der Waals surface area contributed by atoms with Crippen LogP contribution in [0.4, 0.5) is 11.5 Å². The topological polar surface area (TPSA) is 45.4 Å². The van der Waals surface area contributed by atoms with Crippen LogP contribution in [0.25, 0.3) is 12.2 Å². The SMILES string of the molecule is C=CCCC(=C)N(C)CCCCN(C(=C)CCCC)c1c(C)c(N)nc2c1=CCC(=C)C=2. The third-order valence-corrected chi connectivity index (χ3v) is 6.19. The van der Waals surface area contributed by atoms with E-state index in [4.69, 9.17) is 5.73 Å².